The van der Waals surface area contributed by atoms with Crippen molar-refractivity contribution in [3.05, 3.63) is 24.3 Å². The molecule has 90 valence electrons. The van der Waals surface area contributed by atoms with Crippen LogP contribution in [0.1, 0.15) is 6.42 Å². The number of hydrogen-bond donors (Lipinski definition) is 0. The van der Waals surface area contributed by atoms with Crippen molar-refractivity contribution in [1.82, 2.24) is 0 Å². The molecule has 0 aliphatic rings. The fourth-order valence-corrected chi connectivity index (χ4v) is 1.56. The Bertz CT molecular complexity index is 413. The molecule has 1 aromatic carbocycles. The lowest BCUT2D eigenvalue weighted by atomic mass is 10.3. The average Bonchev–Trinajstić information content (AvgIpc) is 2.24. The van der Waals surface area contributed by atoms with Crippen LogP contribution >= 0.6 is 0 Å². The average molecular weight is 248 g/mol. The predicted octanol–water partition coefficient (Wildman–Crippen LogP) is 1.76. The third kappa shape index (κ3) is 4.97. The fourth-order valence-electron chi connectivity index (χ4n) is 1.09. The number of ether oxygens (including phenoxy) is 2. The van der Waals surface area contributed by atoms with E-state index < -0.39 is 16.0 Å². The van der Waals surface area contributed by atoms with E-state index in [1.165, 1.54) is 0 Å². The molecule has 0 aromatic heterocycles. The Balaban J connectivity index is 2.32. The van der Waals surface area contributed by atoms with Crippen molar-refractivity contribution in [2.75, 3.05) is 19.5 Å². The van der Waals surface area contributed by atoms with Crippen molar-refractivity contribution in [3.63, 3.8) is 0 Å². The highest BCUT2D eigenvalue weighted by molar-refractivity contribution is 7.86. The minimum Gasteiger partial charge on any atom is -0.497 e. The maximum atomic E-state index is 12.1. The molecule has 1 aromatic rings. The van der Waals surface area contributed by atoms with Crippen LogP contribution < -0.4 is 9.47 Å². The highest BCUT2D eigenvalue weighted by Crippen LogP contribution is 2.17. The fraction of sp³-hybridized carbons (Fsp3) is 0.400. The molecule has 6 heteroatoms. The van der Waals surface area contributed by atoms with Gasteiger partial charge in [0.15, 0.2) is 0 Å². The molecular formula is C10H13FO4S. The van der Waals surface area contributed by atoms with Gasteiger partial charge in [-0.3, -0.25) is 0 Å². The van der Waals surface area contributed by atoms with Crippen molar-refractivity contribution < 1.29 is 21.8 Å². The molecular weight excluding hydrogens is 235 g/mol. The van der Waals surface area contributed by atoms with Gasteiger partial charge in [-0.15, -0.1) is 3.89 Å². The Kier molecular flexibility index (Phi) is 4.54. The van der Waals surface area contributed by atoms with Gasteiger partial charge in [0, 0.05) is 0 Å². The molecule has 0 unspecified atom stereocenters. The first kappa shape index (κ1) is 12.8. The van der Waals surface area contributed by atoms with Gasteiger partial charge in [-0.05, 0) is 30.7 Å². The summed E-state index contributed by atoms with van der Waals surface area (Å²) in [5.74, 6) is 0.791. The van der Waals surface area contributed by atoms with E-state index in [9.17, 15) is 12.3 Å². The van der Waals surface area contributed by atoms with E-state index in [1.807, 2.05) is 0 Å². The summed E-state index contributed by atoms with van der Waals surface area (Å²) in [6, 6.07) is 6.84. The molecule has 0 saturated carbocycles. The number of rotatable bonds is 6. The van der Waals surface area contributed by atoms with Gasteiger partial charge in [0.2, 0.25) is 0 Å². The monoisotopic (exact) mass is 248 g/mol. The summed E-state index contributed by atoms with van der Waals surface area (Å²) < 4.78 is 42.7. The molecule has 0 atom stereocenters. The molecule has 0 aliphatic heterocycles. The summed E-state index contributed by atoms with van der Waals surface area (Å²) in [5, 5.41) is 0. The minimum absolute atomic E-state index is 0.130. The third-order valence-corrected chi connectivity index (χ3v) is 2.64. The van der Waals surface area contributed by atoms with Crippen LogP contribution in [0, 0.1) is 0 Å². The summed E-state index contributed by atoms with van der Waals surface area (Å²) in [6.45, 7) is 0.162. The highest BCUT2D eigenvalue weighted by atomic mass is 32.3. The molecule has 0 bridgehead atoms. The van der Waals surface area contributed by atoms with Gasteiger partial charge in [0.05, 0.1) is 19.5 Å². The van der Waals surface area contributed by atoms with Crippen LogP contribution in [0.5, 0.6) is 11.5 Å². The van der Waals surface area contributed by atoms with Gasteiger partial charge in [-0.2, -0.15) is 8.42 Å². The normalized spacial score (nSPS) is 11.1. The van der Waals surface area contributed by atoms with Crippen LogP contribution in [0.4, 0.5) is 3.89 Å². The largest absolute Gasteiger partial charge is 0.497 e. The molecule has 0 heterocycles. The Morgan fingerprint density at radius 2 is 1.75 bits per heavy atom. The van der Waals surface area contributed by atoms with E-state index >= 15 is 0 Å². The maximum absolute atomic E-state index is 12.1. The molecule has 0 radical (unpaired) electrons. The van der Waals surface area contributed by atoms with Crippen molar-refractivity contribution in [3.8, 4) is 11.5 Å². The van der Waals surface area contributed by atoms with E-state index in [1.54, 1.807) is 31.4 Å². The smallest absolute Gasteiger partial charge is 0.302 e. The van der Waals surface area contributed by atoms with Gasteiger partial charge >= 0.3 is 10.2 Å². The standard InChI is InChI=1S/C10H13FO4S/c1-14-9-3-5-10(6-4-9)15-7-2-8-16(11,12)13/h3-6H,2,7-8H2,1H3. The second-order valence-electron chi connectivity index (χ2n) is 3.12. The molecule has 0 spiro atoms. The zero-order chi connectivity index (χ0) is 12.0. The van der Waals surface area contributed by atoms with E-state index in [-0.39, 0.29) is 13.0 Å². The van der Waals surface area contributed by atoms with Crippen LogP contribution in [-0.4, -0.2) is 27.9 Å². The molecule has 4 nitrogen and oxygen atoms in total. The quantitative estimate of drug-likeness (QED) is 0.568. The van der Waals surface area contributed by atoms with Crippen molar-refractivity contribution in [2.24, 2.45) is 0 Å². The summed E-state index contributed by atoms with van der Waals surface area (Å²) in [5.41, 5.74) is 0. The Morgan fingerprint density at radius 1 is 1.19 bits per heavy atom. The molecule has 16 heavy (non-hydrogen) atoms. The summed E-state index contributed by atoms with van der Waals surface area (Å²) in [6.07, 6.45) is 0.130. The summed E-state index contributed by atoms with van der Waals surface area (Å²) in [7, 11) is -2.83. The number of halogens is 1. The summed E-state index contributed by atoms with van der Waals surface area (Å²) in [4.78, 5) is 0. The Labute approximate surface area is 94.2 Å². The van der Waals surface area contributed by atoms with Crippen LogP contribution in [0.25, 0.3) is 0 Å². The molecule has 0 fully saturated rings. The molecule has 0 aliphatic carbocycles. The topological polar surface area (TPSA) is 52.6 Å². The predicted molar refractivity (Wildman–Crippen MR) is 58.0 cm³/mol. The van der Waals surface area contributed by atoms with Gasteiger partial charge in [0.25, 0.3) is 0 Å². The number of benzene rings is 1. The van der Waals surface area contributed by atoms with Gasteiger partial charge < -0.3 is 9.47 Å². The van der Waals surface area contributed by atoms with E-state index in [4.69, 9.17) is 9.47 Å². The molecule has 0 saturated heterocycles. The maximum Gasteiger partial charge on any atom is 0.302 e. The summed E-state index contributed by atoms with van der Waals surface area (Å²) >= 11 is 0. The number of hydrogen-bond acceptors (Lipinski definition) is 4. The first-order valence-electron chi connectivity index (χ1n) is 4.70. The van der Waals surface area contributed by atoms with E-state index in [0.29, 0.717) is 11.5 Å². The van der Waals surface area contributed by atoms with Crippen LogP contribution in [-0.2, 0) is 10.2 Å². The van der Waals surface area contributed by atoms with Crippen molar-refractivity contribution >= 4 is 10.2 Å². The molecule has 0 N–H and O–H groups in total. The van der Waals surface area contributed by atoms with Crippen LogP contribution in [0.2, 0.25) is 0 Å². The Hall–Kier alpha value is -1.30. The lowest BCUT2D eigenvalue weighted by molar-refractivity contribution is 0.316. The van der Waals surface area contributed by atoms with E-state index in [0.717, 1.165) is 0 Å². The zero-order valence-electron chi connectivity index (χ0n) is 8.85. The SMILES string of the molecule is COc1ccc(OCCCS(=O)(=O)F)cc1. The van der Waals surface area contributed by atoms with Gasteiger partial charge in [-0.25, -0.2) is 0 Å². The molecule has 1 rings (SSSR count). The lowest BCUT2D eigenvalue weighted by Crippen LogP contribution is -2.05. The lowest BCUT2D eigenvalue weighted by Gasteiger charge is -2.05. The second kappa shape index (κ2) is 5.69. The van der Waals surface area contributed by atoms with Crippen molar-refractivity contribution in [2.45, 2.75) is 6.42 Å². The van der Waals surface area contributed by atoms with Crippen molar-refractivity contribution in [1.29, 1.82) is 0 Å². The zero-order valence-corrected chi connectivity index (χ0v) is 9.67. The highest BCUT2D eigenvalue weighted by Gasteiger charge is 2.06. The molecule has 0 amide bonds. The van der Waals surface area contributed by atoms with Crippen LogP contribution in [0.3, 0.4) is 0 Å². The Morgan fingerprint density at radius 3 is 2.25 bits per heavy atom. The second-order valence-corrected chi connectivity index (χ2v) is 4.61. The first-order valence-corrected chi connectivity index (χ1v) is 6.26. The van der Waals surface area contributed by atoms with Crippen LogP contribution in [0.15, 0.2) is 24.3 Å². The minimum atomic E-state index is -4.39. The number of methoxy groups -OCH3 is 1. The first-order chi connectivity index (χ1) is 7.51. The van der Waals surface area contributed by atoms with E-state index in [2.05, 4.69) is 0 Å². The van der Waals surface area contributed by atoms with Gasteiger partial charge in [-0.1, -0.05) is 0 Å². The third-order valence-electron chi connectivity index (χ3n) is 1.86. The van der Waals surface area contributed by atoms with Gasteiger partial charge in [0.1, 0.15) is 11.5 Å².